The maximum absolute atomic E-state index is 12.6. The van der Waals surface area contributed by atoms with Crippen LogP contribution in [-0.2, 0) is 14.3 Å². The van der Waals surface area contributed by atoms with Crippen LogP contribution in [0.4, 0.5) is 4.79 Å². The van der Waals surface area contributed by atoms with E-state index in [1.54, 1.807) is 6.08 Å². The molecular formula is C19H20N2O4S. The van der Waals surface area contributed by atoms with Crippen molar-refractivity contribution < 1.29 is 19.1 Å². The Bertz CT molecular complexity index is 828. The predicted octanol–water partition coefficient (Wildman–Crippen LogP) is 2.98. The van der Waals surface area contributed by atoms with Crippen molar-refractivity contribution in [2.45, 2.75) is 20.0 Å². The van der Waals surface area contributed by atoms with Gasteiger partial charge in [-0.25, -0.2) is 9.59 Å². The number of aryl methyl sites for hydroxylation is 1. The molecule has 0 saturated carbocycles. The van der Waals surface area contributed by atoms with E-state index < -0.39 is 24.0 Å². The number of imide groups is 1. The largest absolute Gasteiger partial charge is 0.449 e. The average molecular weight is 372 g/mol. The first-order valence-corrected chi connectivity index (χ1v) is 8.84. The Balaban J connectivity index is 2.22. The molecule has 1 aromatic carbocycles. The van der Waals surface area contributed by atoms with Gasteiger partial charge in [-0.15, -0.1) is 11.3 Å². The number of carbonyl (C=O) groups is 3. The number of ether oxygens (including phenoxy) is 1. The van der Waals surface area contributed by atoms with Gasteiger partial charge in [0, 0.05) is 11.9 Å². The molecule has 136 valence electrons. The molecule has 0 aliphatic carbocycles. The van der Waals surface area contributed by atoms with Gasteiger partial charge in [0.2, 0.25) is 0 Å². The fourth-order valence-corrected chi connectivity index (χ4v) is 2.87. The van der Waals surface area contributed by atoms with Crippen LogP contribution in [0, 0.1) is 6.92 Å². The molecule has 0 radical (unpaired) electrons. The maximum atomic E-state index is 12.6. The van der Waals surface area contributed by atoms with E-state index in [2.05, 4.69) is 10.6 Å². The highest BCUT2D eigenvalue weighted by Crippen LogP contribution is 2.25. The maximum Gasteiger partial charge on any atom is 0.340 e. The quantitative estimate of drug-likeness (QED) is 0.624. The lowest BCUT2D eigenvalue weighted by Crippen LogP contribution is -2.43. The molecule has 3 amide bonds. The van der Waals surface area contributed by atoms with Gasteiger partial charge < -0.3 is 10.1 Å². The number of esters is 1. The second-order valence-corrected chi connectivity index (χ2v) is 6.51. The first-order valence-electron chi connectivity index (χ1n) is 7.96. The van der Waals surface area contributed by atoms with Crippen LogP contribution in [0.15, 0.2) is 41.8 Å². The number of urea groups is 1. The lowest BCUT2D eigenvalue weighted by atomic mass is 10.1. The molecule has 0 aliphatic rings. The van der Waals surface area contributed by atoms with E-state index in [4.69, 9.17) is 4.74 Å². The molecule has 1 atom stereocenters. The summed E-state index contributed by atoms with van der Waals surface area (Å²) in [6, 6.07) is 10.7. The Kier molecular flexibility index (Phi) is 6.68. The summed E-state index contributed by atoms with van der Waals surface area (Å²) in [5.74, 6) is -1.33. The lowest BCUT2D eigenvalue weighted by Gasteiger charge is -2.14. The van der Waals surface area contributed by atoms with Gasteiger partial charge in [0.1, 0.15) is 0 Å². The fourth-order valence-electron chi connectivity index (χ4n) is 2.14. The van der Waals surface area contributed by atoms with Crippen molar-refractivity contribution in [3.05, 3.63) is 57.8 Å². The summed E-state index contributed by atoms with van der Waals surface area (Å²) in [5, 5.41) is 6.20. The molecule has 0 spiro atoms. The summed E-state index contributed by atoms with van der Waals surface area (Å²) in [6.07, 6.45) is 0.616. The zero-order valence-electron chi connectivity index (χ0n) is 14.7. The third kappa shape index (κ3) is 5.29. The standard InChI is InChI=1S/C19H20N2O4S/c1-12-6-4-7-14(10-12)11-15(16-8-5-9-26-16)18(23)25-13(2)17(22)21-19(24)20-3/h4-11,13H,1-3H3,(H2,20,21,22,24)/b15-11+/t13-/m0/s1. The van der Waals surface area contributed by atoms with Crippen molar-refractivity contribution in [3.63, 3.8) is 0 Å². The summed E-state index contributed by atoms with van der Waals surface area (Å²) in [4.78, 5) is 36.5. The molecule has 1 aromatic heterocycles. The first kappa shape index (κ1) is 19.4. The van der Waals surface area contributed by atoms with E-state index in [1.807, 2.05) is 48.7 Å². The molecule has 2 N–H and O–H groups in total. The summed E-state index contributed by atoms with van der Waals surface area (Å²) < 4.78 is 5.25. The minimum Gasteiger partial charge on any atom is -0.449 e. The number of hydrogen-bond donors (Lipinski definition) is 2. The van der Waals surface area contributed by atoms with E-state index >= 15 is 0 Å². The van der Waals surface area contributed by atoms with Crippen molar-refractivity contribution >= 4 is 40.9 Å². The van der Waals surface area contributed by atoms with Crippen LogP contribution in [0.5, 0.6) is 0 Å². The molecule has 26 heavy (non-hydrogen) atoms. The van der Waals surface area contributed by atoms with Gasteiger partial charge in [0.05, 0.1) is 5.57 Å². The topological polar surface area (TPSA) is 84.5 Å². The number of carbonyl (C=O) groups excluding carboxylic acids is 3. The van der Waals surface area contributed by atoms with Crippen LogP contribution in [0.3, 0.4) is 0 Å². The van der Waals surface area contributed by atoms with Gasteiger partial charge in [-0.05, 0) is 36.9 Å². The molecule has 6 nitrogen and oxygen atoms in total. The average Bonchev–Trinajstić information content (AvgIpc) is 3.13. The SMILES string of the molecule is CNC(=O)NC(=O)[C@H](C)OC(=O)/C(=C/c1cccc(C)c1)c1cccs1. The third-order valence-corrected chi connectivity index (χ3v) is 4.38. The molecule has 0 saturated heterocycles. The zero-order chi connectivity index (χ0) is 19.1. The number of thiophene rings is 1. The highest BCUT2D eigenvalue weighted by atomic mass is 32.1. The molecule has 0 aliphatic heterocycles. The van der Waals surface area contributed by atoms with Crippen molar-refractivity contribution in [1.82, 2.24) is 10.6 Å². The highest BCUT2D eigenvalue weighted by Gasteiger charge is 2.23. The van der Waals surface area contributed by atoms with Crippen molar-refractivity contribution in [3.8, 4) is 0 Å². The number of hydrogen-bond acceptors (Lipinski definition) is 5. The fraction of sp³-hybridized carbons (Fsp3) is 0.211. The second-order valence-electron chi connectivity index (χ2n) is 5.57. The van der Waals surface area contributed by atoms with Crippen LogP contribution in [-0.4, -0.2) is 31.1 Å². The van der Waals surface area contributed by atoms with E-state index in [-0.39, 0.29) is 0 Å². The van der Waals surface area contributed by atoms with Crippen LogP contribution in [0.1, 0.15) is 22.9 Å². The van der Waals surface area contributed by atoms with E-state index in [9.17, 15) is 14.4 Å². The van der Waals surface area contributed by atoms with Gasteiger partial charge in [0.25, 0.3) is 5.91 Å². The zero-order valence-corrected chi connectivity index (χ0v) is 15.6. The summed E-state index contributed by atoms with van der Waals surface area (Å²) in [7, 11) is 1.39. The molecule has 0 unspecified atom stereocenters. The van der Waals surface area contributed by atoms with Crippen LogP contribution >= 0.6 is 11.3 Å². The highest BCUT2D eigenvalue weighted by molar-refractivity contribution is 7.11. The summed E-state index contributed by atoms with van der Waals surface area (Å²) in [6.45, 7) is 3.38. The Hall–Kier alpha value is -2.93. The lowest BCUT2D eigenvalue weighted by molar-refractivity contribution is -0.148. The van der Waals surface area contributed by atoms with Crippen LogP contribution in [0.25, 0.3) is 11.6 Å². The Morgan fingerprint density at radius 1 is 1.19 bits per heavy atom. The normalized spacial score (nSPS) is 12.2. The molecule has 0 fully saturated rings. The molecular weight excluding hydrogens is 352 g/mol. The summed E-state index contributed by atoms with van der Waals surface area (Å²) >= 11 is 1.40. The van der Waals surface area contributed by atoms with Crippen molar-refractivity contribution in [2.75, 3.05) is 7.05 Å². The number of rotatable bonds is 5. The Labute approximate surface area is 155 Å². The minimum absolute atomic E-state index is 0.352. The van der Waals surface area contributed by atoms with E-state index in [1.165, 1.54) is 25.3 Å². The van der Waals surface area contributed by atoms with Gasteiger partial charge >= 0.3 is 12.0 Å². The van der Waals surface area contributed by atoms with Crippen LogP contribution in [0.2, 0.25) is 0 Å². The Morgan fingerprint density at radius 3 is 2.58 bits per heavy atom. The molecule has 7 heteroatoms. The molecule has 2 aromatic rings. The van der Waals surface area contributed by atoms with Gasteiger partial charge in [-0.3, -0.25) is 10.1 Å². The monoisotopic (exact) mass is 372 g/mol. The number of amides is 3. The van der Waals surface area contributed by atoms with Gasteiger partial charge in [-0.2, -0.15) is 0 Å². The minimum atomic E-state index is -1.11. The van der Waals surface area contributed by atoms with Crippen molar-refractivity contribution in [2.24, 2.45) is 0 Å². The van der Waals surface area contributed by atoms with Gasteiger partial charge in [0.15, 0.2) is 6.10 Å². The van der Waals surface area contributed by atoms with Crippen LogP contribution < -0.4 is 10.6 Å². The van der Waals surface area contributed by atoms with Gasteiger partial charge in [-0.1, -0.05) is 35.9 Å². The Morgan fingerprint density at radius 2 is 1.96 bits per heavy atom. The number of nitrogens with one attached hydrogen (secondary N) is 2. The predicted molar refractivity (Wildman–Crippen MR) is 102 cm³/mol. The third-order valence-electron chi connectivity index (χ3n) is 3.48. The first-order chi connectivity index (χ1) is 12.4. The van der Waals surface area contributed by atoms with Crippen molar-refractivity contribution in [1.29, 1.82) is 0 Å². The smallest absolute Gasteiger partial charge is 0.340 e. The second kappa shape index (κ2) is 8.96. The van der Waals surface area contributed by atoms with E-state index in [0.29, 0.717) is 5.57 Å². The number of benzene rings is 1. The summed E-state index contributed by atoms with van der Waals surface area (Å²) in [5.41, 5.74) is 2.27. The molecule has 0 bridgehead atoms. The molecule has 2 rings (SSSR count). The van der Waals surface area contributed by atoms with E-state index in [0.717, 1.165) is 16.0 Å². The molecule has 1 heterocycles.